The fourth-order valence-electron chi connectivity index (χ4n) is 4.07. The summed E-state index contributed by atoms with van der Waals surface area (Å²) in [4.78, 5) is 37.1. The van der Waals surface area contributed by atoms with Gasteiger partial charge in [-0.2, -0.15) is 5.10 Å². The summed E-state index contributed by atoms with van der Waals surface area (Å²) in [5.41, 5.74) is 8.90. The fourth-order valence-corrected chi connectivity index (χ4v) is 5.44. The first-order valence-electron chi connectivity index (χ1n) is 33.1. The maximum Gasteiger partial charge on any atom is 0.190 e. The predicted molar refractivity (Wildman–Crippen MR) is 418 cm³/mol. The molecule has 11 aromatic rings. The average molecular weight is 1340 g/mol. The normalized spacial score (nSPS) is 7.41. The SMILES string of the molecule is CC.CC.CC.CC.CC.CC.CC.CC.CC.CC.CC.Cc1ccccc1.Cc1ccccn1.Cc1cccnc1.Cc1cccs1.Cc1ccn[nH]1.Cc1ccncc1.Cc1cncnc1.Cc1cnco1.Cc1cncs1.Cc1ncco1.Cc1nccs1. The Balaban J connectivity index is -0.0000000858. The third-order valence-corrected chi connectivity index (χ3v) is 9.84. The lowest BCUT2D eigenvalue weighted by Gasteiger charge is -1.82. The number of hydrogen-bond donors (Lipinski definition) is 1. The third kappa shape index (κ3) is 103. The van der Waals surface area contributed by atoms with Crippen LogP contribution in [0.4, 0.5) is 0 Å². The number of aryl methyl sites for hydroxylation is 11. The van der Waals surface area contributed by atoms with Crippen molar-refractivity contribution >= 4 is 34.0 Å². The van der Waals surface area contributed by atoms with Crippen molar-refractivity contribution in [3.8, 4) is 0 Å². The van der Waals surface area contributed by atoms with Gasteiger partial charge in [-0.25, -0.2) is 19.9 Å². The summed E-state index contributed by atoms with van der Waals surface area (Å²) in [6, 6.07) is 30.1. The van der Waals surface area contributed by atoms with Crippen LogP contribution in [0.1, 0.15) is 212 Å². The Labute approximate surface area is 583 Å². The van der Waals surface area contributed by atoms with Gasteiger partial charge in [-0.15, -0.1) is 34.0 Å². The standard InChI is InChI=1S/C7H8.3C6H7N.C5H6N2.C5H6S.C4H6N2.2C4H5NO.2C4H5NS.11C2H6/c1-7-5-3-2-4-6-7;1-6-2-4-7-5-3-6;1-6-3-2-4-7-5-6;1-6-4-2-3-5-7-6;1-5-2-6-4-7-3-5;1-5-3-2-4-6-5;1-4-2-3-5-6-4;1-4-2-5-3-6-4;1-4-5-2-3-6-4;1-4-2-5-3-6-4;1-4-5-2-3-6-4;11*1-2/h2-6H,1H3;3*2-5H,1H3;2-4H,1H3;2-4H,1H3;2-3H,1H3,(H,5,6);4*2-3H,1H3;11*1-2H3. The number of H-pyrrole nitrogens is 1. The molecule has 0 saturated heterocycles. The summed E-state index contributed by atoms with van der Waals surface area (Å²) >= 11 is 5.11. The maximum atomic E-state index is 4.72. The molecular weight excluding hydrogens is 1210 g/mol. The molecule has 526 valence electrons. The van der Waals surface area contributed by atoms with Crippen molar-refractivity contribution in [3.05, 3.63) is 261 Å². The second-order valence-corrected chi connectivity index (χ2v) is 17.7. The molecule has 0 fully saturated rings. The largest absolute Gasteiger partial charge is 0.449 e. The first-order valence-corrected chi connectivity index (χ1v) is 35.7. The molecule has 0 aliphatic carbocycles. The summed E-state index contributed by atoms with van der Waals surface area (Å²) < 4.78 is 9.44. The number of benzene rings is 1. The van der Waals surface area contributed by atoms with Gasteiger partial charge in [0, 0.05) is 95.4 Å². The van der Waals surface area contributed by atoms with E-state index in [1.54, 1.807) is 109 Å². The predicted octanol–water partition coefficient (Wildman–Crippen LogP) is 25.9. The molecule has 1 aromatic carbocycles. The molecule has 0 saturated carbocycles. The lowest BCUT2D eigenvalue weighted by atomic mass is 10.2. The number of aromatic nitrogens is 11. The minimum atomic E-state index is 0.718. The van der Waals surface area contributed by atoms with Gasteiger partial charge in [-0.05, 0) is 134 Å². The van der Waals surface area contributed by atoms with Gasteiger partial charge in [0.1, 0.15) is 18.4 Å². The molecule has 0 aliphatic rings. The molecule has 0 aliphatic heterocycles. The number of nitrogens with one attached hydrogen (secondary N) is 1. The molecule has 0 bridgehead atoms. The van der Waals surface area contributed by atoms with Crippen LogP contribution in [-0.2, 0) is 0 Å². The van der Waals surface area contributed by atoms with Crippen LogP contribution < -0.4 is 0 Å². The Morgan fingerprint density at radius 2 is 0.871 bits per heavy atom. The Morgan fingerprint density at radius 3 is 1.04 bits per heavy atom. The van der Waals surface area contributed by atoms with Gasteiger partial charge in [0.15, 0.2) is 12.3 Å². The van der Waals surface area contributed by atoms with E-state index in [-0.39, 0.29) is 0 Å². The molecule has 0 unspecified atom stereocenters. The van der Waals surface area contributed by atoms with Crippen LogP contribution in [-0.4, -0.2) is 55.1 Å². The monoisotopic (exact) mass is 1340 g/mol. The van der Waals surface area contributed by atoms with Gasteiger partial charge < -0.3 is 8.83 Å². The molecule has 93 heavy (non-hydrogen) atoms. The van der Waals surface area contributed by atoms with E-state index in [2.05, 4.69) is 98.5 Å². The lowest BCUT2D eigenvalue weighted by Crippen LogP contribution is -1.75. The molecule has 0 radical (unpaired) electrons. The summed E-state index contributed by atoms with van der Waals surface area (Å²) in [5.74, 6) is 1.57. The Bertz CT molecular complexity index is 2200. The molecule has 16 heteroatoms. The van der Waals surface area contributed by atoms with E-state index in [4.69, 9.17) is 8.83 Å². The molecule has 11 rings (SSSR count). The average Bonchev–Trinajstić information content (AvgIpc) is 4.70. The molecular formula is C77H133N11O2S3. The lowest BCUT2D eigenvalue weighted by molar-refractivity contribution is 0.521. The maximum absolute atomic E-state index is 4.72. The van der Waals surface area contributed by atoms with E-state index >= 15 is 0 Å². The summed E-state index contributed by atoms with van der Waals surface area (Å²) in [5, 5.41) is 11.6. The van der Waals surface area contributed by atoms with Gasteiger partial charge in [-0.3, -0.25) is 30.0 Å². The van der Waals surface area contributed by atoms with E-state index in [0.717, 1.165) is 33.6 Å². The van der Waals surface area contributed by atoms with Gasteiger partial charge in [-0.1, -0.05) is 206 Å². The Kier molecular flexibility index (Phi) is 125. The smallest absolute Gasteiger partial charge is 0.190 e. The van der Waals surface area contributed by atoms with Crippen molar-refractivity contribution in [3.63, 3.8) is 0 Å². The highest BCUT2D eigenvalue weighted by Crippen LogP contribution is 2.04. The van der Waals surface area contributed by atoms with Gasteiger partial charge in [0.2, 0.25) is 0 Å². The van der Waals surface area contributed by atoms with Gasteiger partial charge in [0.25, 0.3) is 0 Å². The molecule has 0 amide bonds. The van der Waals surface area contributed by atoms with Crippen LogP contribution in [0.3, 0.4) is 0 Å². The number of rotatable bonds is 0. The molecule has 0 atom stereocenters. The number of nitrogens with zero attached hydrogens (tertiary/aromatic N) is 10. The number of pyridine rings is 3. The number of hydrogen-bond acceptors (Lipinski definition) is 15. The second kappa shape index (κ2) is 106. The molecule has 10 aromatic heterocycles. The van der Waals surface area contributed by atoms with Gasteiger partial charge >= 0.3 is 0 Å². The minimum absolute atomic E-state index is 0.718. The summed E-state index contributed by atoms with van der Waals surface area (Å²) in [7, 11) is 0. The number of thiophene rings is 1. The second-order valence-electron chi connectivity index (χ2n) is 14.4. The number of oxazole rings is 2. The zero-order valence-corrected chi connectivity index (χ0v) is 67.0. The molecule has 1 N–H and O–H groups in total. The van der Waals surface area contributed by atoms with Crippen LogP contribution >= 0.6 is 34.0 Å². The Hall–Kier alpha value is -7.66. The van der Waals surface area contributed by atoms with Gasteiger partial charge in [0.05, 0.1) is 22.9 Å². The van der Waals surface area contributed by atoms with Crippen molar-refractivity contribution in [1.82, 2.24) is 55.1 Å². The molecule has 10 heterocycles. The first-order chi connectivity index (χ1) is 45.3. The quantitative estimate of drug-likeness (QED) is 0.153. The number of thiazole rings is 2. The topological polar surface area (TPSA) is 171 Å². The van der Waals surface area contributed by atoms with E-state index in [9.17, 15) is 0 Å². The minimum Gasteiger partial charge on any atom is -0.449 e. The highest BCUT2D eigenvalue weighted by molar-refractivity contribution is 7.10. The van der Waals surface area contributed by atoms with E-state index in [1.165, 1.54) is 39.2 Å². The van der Waals surface area contributed by atoms with Crippen LogP contribution in [0.25, 0.3) is 0 Å². The van der Waals surface area contributed by atoms with Crippen molar-refractivity contribution < 1.29 is 8.83 Å². The van der Waals surface area contributed by atoms with Crippen LogP contribution in [0.15, 0.2) is 209 Å². The highest BCUT2D eigenvalue weighted by Gasteiger charge is 1.81. The highest BCUT2D eigenvalue weighted by atomic mass is 32.1. The Morgan fingerprint density at radius 1 is 0.333 bits per heavy atom. The van der Waals surface area contributed by atoms with E-state index in [0.29, 0.717) is 0 Å². The zero-order chi connectivity index (χ0) is 74.0. The molecule has 13 nitrogen and oxygen atoms in total. The summed E-state index contributed by atoms with van der Waals surface area (Å²) in [6.07, 6.45) is 25.7. The molecule has 0 spiro atoms. The van der Waals surface area contributed by atoms with Crippen LogP contribution in [0.5, 0.6) is 0 Å². The van der Waals surface area contributed by atoms with Crippen LogP contribution in [0, 0.1) is 76.2 Å². The fraction of sp³-hybridized carbons (Fsp3) is 0.429. The third-order valence-electron chi connectivity index (χ3n) is 7.63. The van der Waals surface area contributed by atoms with Crippen molar-refractivity contribution in [2.24, 2.45) is 0 Å². The van der Waals surface area contributed by atoms with Crippen molar-refractivity contribution in [1.29, 1.82) is 0 Å². The van der Waals surface area contributed by atoms with Crippen molar-refractivity contribution in [2.45, 2.75) is 228 Å². The zero-order valence-electron chi connectivity index (χ0n) is 64.6. The van der Waals surface area contributed by atoms with Crippen LogP contribution in [0.2, 0.25) is 0 Å². The van der Waals surface area contributed by atoms with Crippen molar-refractivity contribution in [2.75, 3.05) is 0 Å². The van der Waals surface area contributed by atoms with E-state index < -0.39 is 0 Å². The number of aromatic amines is 1. The first kappa shape index (κ1) is 110. The van der Waals surface area contributed by atoms with E-state index in [1.807, 2.05) is 298 Å². The summed E-state index contributed by atoms with van der Waals surface area (Å²) in [6.45, 7) is 65.8.